The van der Waals surface area contributed by atoms with E-state index in [1.54, 1.807) is 12.1 Å². The van der Waals surface area contributed by atoms with Crippen LogP contribution in [0.3, 0.4) is 0 Å². The molecular formula is C15H11ClN2O2. The average molecular weight is 287 g/mol. The van der Waals surface area contributed by atoms with Crippen molar-refractivity contribution in [1.29, 1.82) is 0 Å². The van der Waals surface area contributed by atoms with Gasteiger partial charge in [-0.2, -0.15) is 5.10 Å². The van der Waals surface area contributed by atoms with Crippen LogP contribution >= 0.6 is 11.6 Å². The normalized spacial score (nSPS) is 10.9. The van der Waals surface area contributed by atoms with E-state index in [1.807, 2.05) is 31.2 Å². The number of fused-ring (bicyclic) bond motifs is 1. The maximum Gasteiger partial charge on any atom is 0.337 e. The van der Waals surface area contributed by atoms with Crippen LogP contribution in [-0.4, -0.2) is 21.3 Å². The van der Waals surface area contributed by atoms with Crippen LogP contribution in [0.4, 0.5) is 0 Å². The third-order valence-corrected chi connectivity index (χ3v) is 3.76. The fourth-order valence-electron chi connectivity index (χ4n) is 2.29. The van der Waals surface area contributed by atoms with Gasteiger partial charge in [0.2, 0.25) is 0 Å². The molecule has 0 fully saturated rings. The summed E-state index contributed by atoms with van der Waals surface area (Å²) in [5.41, 5.74) is 3.27. The molecule has 5 heteroatoms. The maximum absolute atomic E-state index is 11.2. The molecule has 0 aliphatic rings. The lowest BCUT2D eigenvalue weighted by Gasteiger charge is -2.05. The fraction of sp³-hybridized carbons (Fsp3) is 0.0667. The van der Waals surface area contributed by atoms with Crippen molar-refractivity contribution in [2.75, 3.05) is 0 Å². The summed E-state index contributed by atoms with van der Waals surface area (Å²) in [6.07, 6.45) is 0. The van der Waals surface area contributed by atoms with Crippen molar-refractivity contribution in [3.05, 3.63) is 52.5 Å². The number of H-pyrrole nitrogens is 1. The lowest BCUT2D eigenvalue weighted by atomic mass is 10.0. The first kappa shape index (κ1) is 12.7. The summed E-state index contributed by atoms with van der Waals surface area (Å²) >= 11 is 6.14. The van der Waals surface area contributed by atoms with Crippen molar-refractivity contribution in [2.45, 2.75) is 6.92 Å². The third kappa shape index (κ3) is 1.85. The number of rotatable bonds is 2. The third-order valence-electron chi connectivity index (χ3n) is 3.35. The topological polar surface area (TPSA) is 66.0 Å². The Balaban J connectivity index is 2.31. The van der Waals surface area contributed by atoms with Crippen LogP contribution in [0.15, 0.2) is 36.4 Å². The van der Waals surface area contributed by atoms with Crippen LogP contribution in [0.25, 0.3) is 22.2 Å². The first-order valence-corrected chi connectivity index (χ1v) is 6.43. The van der Waals surface area contributed by atoms with Crippen molar-refractivity contribution in [1.82, 2.24) is 10.2 Å². The Morgan fingerprint density at radius 2 is 2.00 bits per heavy atom. The number of benzene rings is 2. The van der Waals surface area contributed by atoms with Crippen LogP contribution in [-0.2, 0) is 0 Å². The van der Waals surface area contributed by atoms with Crippen molar-refractivity contribution >= 4 is 28.5 Å². The number of carboxylic acid groups (broad SMARTS) is 1. The van der Waals surface area contributed by atoms with Gasteiger partial charge in [-0.25, -0.2) is 4.79 Å². The molecule has 0 atom stereocenters. The van der Waals surface area contributed by atoms with Gasteiger partial charge in [-0.3, -0.25) is 5.10 Å². The van der Waals surface area contributed by atoms with Gasteiger partial charge in [0.25, 0.3) is 0 Å². The van der Waals surface area contributed by atoms with Crippen molar-refractivity contribution in [3.8, 4) is 11.3 Å². The molecule has 0 spiro atoms. The minimum atomic E-state index is -0.989. The van der Waals surface area contributed by atoms with E-state index in [9.17, 15) is 9.90 Å². The highest BCUT2D eigenvalue weighted by Crippen LogP contribution is 2.32. The molecule has 20 heavy (non-hydrogen) atoms. The minimum absolute atomic E-state index is 0.185. The van der Waals surface area contributed by atoms with Gasteiger partial charge in [-0.15, -0.1) is 0 Å². The van der Waals surface area contributed by atoms with Crippen LogP contribution in [0.1, 0.15) is 15.9 Å². The zero-order valence-electron chi connectivity index (χ0n) is 10.6. The van der Waals surface area contributed by atoms with Crippen LogP contribution in [0.2, 0.25) is 5.02 Å². The molecule has 2 aromatic carbocycles. The highest BCUT2D eigenvalue weighted by Gasteiger charge is 2.16. The molecule has 0 amide bonds. The highest BCUT2D eigenvalue weighted by molar-refractivity contribution is 6.31. The average Bonchev–Trinajstić information content (AvgIpc) is 2.85. The zero-order valence-corrected chi connectivity index (χ0v) is 11.4. The summed E-state index contributed by atoms with van der Waals surface area (Å²) in [5.74, 6) is -0.989. The Morgan fingerprint density at radius 1 is 1.25 bits per heavy atom. The number of nitrogens with one attached hydrogen (secondary N) is 1. The van der Waals surface area contributed by atoms with Crippen LogP contribution in [0, 0.1) is 6.92 Å². The number of hydrogen-bond donors (Lipinski definition) is 2. The quantitative estimate of drug-likeness (QED) is 0.751. The van der Waals surface area contributed by atoms with E-state index in [1.165, 1.54) is 0 Å². The molecule has 1 aromatic heterocycles. The number of carbonyl (C=O) groups is 1. The lowest BCUT2D eigenvalue weighted by Crippen LogP contribution is -1.96. The molecule has 0 saturated carbocycles. The van der Waals surface area contributed by atoms with E-state index < -0.39 is 5.97 Å². The lowest BCUT2D eigenvalue weighted by molar-refractivity contribution is 0.0699. The number of aromatic amines is 1. The molecule has 3 aromatic rings. The second kappa shape index (κ2) is 4.65. The highest BCUT2D eigenvalue weighted by atomic mass is 35.5. The molecule has 4 nitrogen and oxygen atoms in total. The number of para-hydroxylation sites is 1. The number of aromatic nitrogens is 2. The molecule has 0 radical (unpaired) electrons. The standard InChI is InChI=1S/C15H11ClN2O2/c1-8-9(4-3-7-12(8)16)13-10-5-2-6-11(15(19)20)14(10)18-17-13/h2-7H,1H3,(H,17,18)(H,19,20). The molecule has 0 bridgehead atoms. The number of carboxylic acids is 1. The molecule has 0 saturated heterocycles. The summed E-state index contributed by atoms with van der Waals surface area (Å²) in [7, 11) is 0. The Hall–Kier alpha value is -2.33. The monoisotopic (exact) mass is 286 g/mol. The van der Waals surface area contributed by atoms with Gasteiger partial charge in [0.1, 0.15) is 5.52 Å². The summed E-state index contributed by atoms with van der Waals surface area (Å²) in [6.45, 7) is 1.92. The van der Waals surface area contributed by atoms with Gasteiger partial charge in [0, 0.05) is 16.0 Å². The summed E-state index contributed by atoms with van der Waals surface area (Å²) in [4.78, 5) is 11.2. The summed E-state index contributed by atoms with van der Waals surface area (Å²) in [5, 5.41) is 17.7. The molecule has 100 valence electrons. The first-order valence-electron chi connectivity index (χ1n) is 6.05. The van der Waals surface area contributed by atoms with Gasteiger partial charge >= 0.3 is 5.97 Å². The molecular weight excluding hydrogens is 276 g/mol. The van der Waals surface area contributed by atoms with Crippen LogP contribution < -0.4 is 0 Å². The van der Waals surface area contributed by atoms with Gasteiger partial charge in [0.15, 0.2) is 0 Å². The second-order valence-corrected chi connectivity index (χ2v) is 4.93. The smallest absolute Gasteiger partial charge is 0.337 e. The van der Waals surface area contributed by atoms with E-state index in [2.05, 4.69) is 10.2 Å². The van der Waals surface area contributed by atoms with Crippen molar-refractivity contribution in [3.63, 3.8) is 0 Å². The Morgan fingerprint density at radius 3 is 2.75 bits per heavy atom. The van der Waals surface area contributed by atoms with Crippen molar-refractivity contribution in [2.24, 2.45) is 0 Å². The van der Waals surface area contributed by atoms with E-state index in [0.717, 1.165) is 22.2 Å². The molecule has 0 aliphatic carbocycles. The summed E-state index contributed by atoms with van der Waals surface area (Å²) in [6, 6.07) is 10.7. The molecule has 3 rings (SSSR count). The van der Waals surface area contributed by atoms with Gasteiger partial charge in [-0.1, -0.05) is 35.9 Å². The Kier molecular flexibility index (Phi) is 2.95. The van der Waals surface area contributed by atoms with E-state index in [4.69, 9.17) is 11.6 Å². The Bertz CT molecular complexity index is 824. The predicted octanol–water partition coefficient (Wildman–Crippen LogP) is 3.89. The molecule has 0 aliphatic heterocycles. The molecule has 2 N–H and O–H groups in total. The summed E-state index contributed by atoms with van der Waals surface area (Å²) < 4.78 is 0. The largest absolute Gasteiger partial charge is 0.478 e. The first-order chi connectivity index (χ1) is 9.59. The number of aromatic carboxylic acids is 1. The number of nitrogens with zero attached hydrogens (tertiary/aromatic N) is 1. The Labute approximate surface area is 120 Å². The number of hydrogen-bond acceptors (Lipinski definition) is 2. The second-order valence-electron chi connectivity index (χ2n) is 4.52. The predicted molar refractivity (Wildman–Crippen MR) is 78.2 cm³/mol. The molecule has 1 heterocycles. The fourth-order valence-corrected chi connectivity index (χ4v) is 2.47. The maximum atomic E-state index is 11.2. The van der Waals surface area contributed by atoms with Gasteiger partial charge < -0.3 is 5.11 Å². The zero-order chi connectivity index (χ0) is 14.3. The molecule has 0 unspecified atom stereocenters. The SMILES string of the molecule is Cc1c(Cl)cccc1-c1[nH]nc2c(C(=O)O)cccc12. The van der Waals surface area contributed by atoms with Crippen molar-refractivity contribution < 1.29 is 9.90 Å². The minimum Gasteiger partial charge on any atom is -0.478 e. The van der Waals surface area contributed by atoms with E-state index >= 15 is 0 Å². The van der Waals surface area contributed by atoms with Crippen LogP contribution in [0.5, 0.6) is 0 Å². The van der Waals surface area contributed by atoms with E-state index in [0.29, 0.717) is 10.5 Å². The van der Waals surface area contributed by atoms with E-state index in [-0.39, 0.29) is 5.56 Å². The number of halogens is 1. The van der Waals surface area contributed by atoms with Gasteiger partial charge in [-0.05, 0) is 24.6 Å². The van der Waals surface area contributed by atoms with Gasteiger partial charge in [0.05, 0.1) is 11.3 Å².